The first-order chi connectivity index (χ1) is 7.02. The number of hydrogen-bond donors (Lipinski definition) is 2. The fraction of sp³-hybridized carbons (Fsp3) is 1.00. The maximum atomic E-state index is 8.79. The largest absolute Gasteiger partial charge is 0.396 e. The highest BCUT2D eigenvalue weighted by atomic mass is 16.2. The Labute approximate surface area is 95.5 Å². The number of nitrogens with one attached hydrogen (secondary N) is 1. The molecule has 2 N–H and O–H groups in total. The molecule has 0 spiro atoms. The lowest BCUT2D eigenvalue weighted by atomic mass is 9.87. The van der Waals surface area contributed by atoms with Crippen LogP contribution in [0.5, 0.6) is 0 Å². The normalized spacial score (nSPS) is 14.2. The van der Waals surface area contributed by atoms with E-state index in [4.69, 9.17) is 5.11 Å². The van der Waals surface area contributed by atoms with Crippen molar-refractivity contribution in [2.45, 2.75) is 53.4 Å². The van der Waals surface area contributed by atoms with Gasteiger partial charge in [-0.1, -0.05) is 34.1 Å². The summed E-state index contributed by atoms with van der Waals surface area (Å²) in [6.45, 7) is 11.6. The fourth-order valence-electron chi connectivity index (χ4n) is 1.90. The van der Waals surface area contributed by atoms with Crippen LogP contribution in [0.1, 0.15) is 53.4 Å². The smallest absolute Gasteiger partial charge is 0.0431 e. The Bertz CT molecular complexity index is 145. The van der Waals surface area contributed by atoms with Gasteiger partial charge in [-0.15, -0.1) is 0 Å². The number of aliphatic hydroxyl groups excluding tert-OH is 1. The molecule has 0 aromatic rings. The lowest BCUT2D eigenvalue weighted by Crippen LogP contribution is -2.32. The van der Waals surface area contributed by atoms with Crippen molar-refractivity contribution in [3.05, 3.63) is 0 Å². The molecule has 1 atom stereocenters. The Balaban J connectivity index is 3.55. The van der Waals surface area contributed by atoms with Gasteiger partial charge in [0.1, 0.15) is 0 Å². The average Bonchev–Trinajstić information content (AvgIpc) is 2.15. The molecule has 0 saturated heterocycles. The van der Waals surface area contributed by atoms with E-state index in [0.717, 1.165) is 31.8 Å². The van der Waals surface area contributed by atoms with E-state index < -0.39 is 0 Å². The Kier molecular flexibility index (Phi) is 8.07. The van der Waals surface area contributed by atoms with E-state index in [2.05, 4.69) is 33.0 Å². The third-order valence-electron chi connectivity index (χ3n) is 2.89. The molecular formula is C13H29NO. The molecule has 0 bridgehead atoms. The van der Waals surface area contributed by atoms with E-state index in [-0.39, 0.29) is 0 Å². The van der Waals surface area contributed by atoms with Crippen molar-refractivity contribution in [1.82, 2.24) is 5.32 Å². The molecule has 1 unspecified atom stereocenters. The lowest BCUT2D eigenvalue weighted by Gasteiger charge is -2.25. The van der Waals surface area contributed by atoms with Crippen LogP contribution in [-0.4, -0.2) is 24.8 Å². The summed E-state index contributed by atoms with van der Waals surface area (Å²) in [7, 11) is 0. The van der Waals surface area contributed by atoms with E-state index in [1.165, 1.54) is 12.8 Å². The topological polar surface area (TPSA) is 32.3 Å². The van der Waals surface area contributed by atoms with E-state index in [0.29, 0.717) is 12.0 Å². The molecule has 0 aromatic carbocycles. The molecule has 0 saturated carbocycles. The van der Waals surface area contributed by atoms with E-state index in [9.17, 15) is 0 Å². The Morgan fingerprint density at radius 1 is 1.33 bits per heavy atom. The Hall–Kier alpha value is -0.0800. The Morgan fingerprint density at radius 2 is 2.00 bits per heavy atom. The molecule has 92 valence electrons. The summed E-state index contributed by atoms with van der Waals surface area (Å²) < 4.78 is 0. The van der Waals surface area contributed by atoms with Gasteiger partial charge in [0, 0.05) is 13.2 Å². The predicted molar refractivity (Wildman–Crippen MR) is 67.0 cm³/mol. The lowest BCUT2D eigenvalue weighted by molar-refractivity contribution is 0.234. The fourth-order valence-corrected chi connectivity index (χ4v) is 1.90. The summed E-state index contributed by atoms with van der Waals surface area (Å²) in [5.74, 6) is 0.781. The molecule has 15 heavy (non-hydrogen) atoms. The van der Waals surface area contributed by atoms with Gasteiger partial charge in [-0.05, 0) is 37.1 Å². The van der Waals surface area contributed by atoms with Gasteiger partial charge in [0.25, 0.3) is 0 Å². The number of rotatable bonds is 9. The molecule has 0 aliphatic rings. The first kappa shape index (κ1) is 14.9. The second-order valence-corrected chi connectivity index (χ2v) is 5.52. The van der Waals surface area contributed by atoms with Crippen LogP contribution in [0.15, 0.2) is 0 Å². The van der Waals surface area contributed by atoms with Crippen molar-refractivity contribution >= 4 is 0 Å². The van der Waals surface area contributed by atoms with Crippen molar-refractivity contribution in [1.29, 1.82) is 0 Å². The third-order valence-corrected chi connectivity index (χ3v) is 2.89. The van der Waals surface area contributed by atoms with Crippen LogP contribution in [0.25, 0.3) is 0 Å². The quantitative estimate of drug-likeness (QED) is 0.620. The van der Waals surface area contributed by atoms with Crippen molar-refractivity contribution in [3.63, 3.8) is 0 Å². The molecule has 0 aromatic heterocycles. The van der Waals surface area contributed by atoms with Crippen LogP contribution >= 0.6 is 0 Å². The second kappa shape index (κ2) is 8.12. The molecule has 2 nitrogen and oxygen atoms in total. The third kappa shape index (κ3) is 8.88. The van der Waals surface area contributed by atoms with Crippen molar-refractivity contribution < 1.29 is 5.11 Å². The first-order valence-electron chi connectivity index (χ1n) is 6.33. The predicted octanol–water partition coefficient (Wildman–Crippen LogP) is 2.81. The van der Waals surface area contributed by atoms with Crippen molar-refractivity contribution in [3.8, 4) is 0 Å². The maximum Gasteiger partial charge on any atom is 0.0431 e. The van der Waals surface area contributed by atoms with Crippen LogP contribution in [0, 0.1) is 11.3 Å². The van der Waals surface area contributed by atoms with Gasteiger partial charge >= 0.3 is 0 Å². The molecule has 0 amide bonds. The average molecular weight is 215 g/mol. The van der Waals surface area contributed by atoms with E-state index in [1.807, 2.05) is 0 Å². The molecule has 0 heterocycles. The van der Waals surface area contributed by atoms with Crippen LogP contribution in [0.3, 0.4) is 0 Å². The minimum absolute atomic E-state index is 0.314. The highest BCUT2D eigenvalue weighted by molar-refractivity contribution is 4.72. The molecule has 2 heteroatoms. The SMILES string of the molecule is CCCC(C)CNCC(C)(C)CCCO. The zero-order valence-electron chi connectivity index (χ0n) is 11.0. The molecule has 0 aliphatic heterocycles. The molecule has 0 radical (unpaired) electrons. The minimum atomic E-state index is 0.314. The monoisotopic (exact) mass is 215 g/mol. The zero-order chi connectivity index (χ0) is 11.7. The molecule has 0 fully saturated rings. The van der Waals surface area contributed by atoms with Gasteiger partial charge in [-0.3, -0.25) is 0 Å². The van der Waals surface area contributed by atoms with E-state index >= 15 is 0 Å². The van der Waals surface area contributed by atoms with Crippen LogP contribution in [0.4, 0.5) is 0 Å². The van der Waals surface area contributed by atoms with E-state index in [1.54, 1.807) is 0 Å². The van der Waals surface area contributed by atoms with Gasteiger partial charge in [0.2, 0.25) is 0 Å². The highest BCUT2D eigenvalue weighted by Crippen LogP contribution is 2.20. The maximum absolute atomic E-state index is 8.79. The summed E-state index contributed by atoms with van der Waals surface area (Å²) >= 11 is 0. The highest BCUT2D eigenvalue weighted by Gasteiger charge is 2.16. The van der Waals surface area contributed by atoms with Crippen molar-refractivity contribution in [2.75, 3.05) is 19.7 Å². The van der Waals surface area contributed by atoms with Gasteiger partial charge in [-0.2, -0.15) is 0 Å². The zero-order valence-corrected chi connectivity index (χ0v) is 11.0. The molecular weight excluding hydrogens is 186 g/mol. The van der Waals surface area contributed by atoms with Gasteiger partial charge in [0.05, 0.1) is 0 Å². The summed E-state index contributed by atoms with van der Waals surface area (Å²) in [6, 6.07) is 0. The van der Waals surface area contributed by atoms with Gasteiger partial charge < -0.3 is 10.4 Å². The summed E-state index contributed by atoms with van der Waals surface area (Å²) in [5, 5.41) is 12.3. The minimum Gasteiger partial charge on any atom is -0.396 e. The summed E-state index contributed by atoms with van der Waals surface area (Å²) in [4.78, 5) is 0. The van der Waals surface area contributed by atoms with Gasteiger partial charge in [-0.25, -0.2) is 0 Å². The molecule has 0 rings (SSSR count). The standard InChI is InChI=1S/C13H29NO/c1-5-7-12(2)10-14-11-13(3,4)8-6-9-15/h12,14-15H,5-11H2,1-4H3. The number of hydrogen-bond acceptors (Lipinski definition) is 2. The van der Waals surface area contributed by atoms with Crippen LogP contribution in [0.2, 0.25) is 0 Å². The number of aliphatic hydroxyl groups is 1. The summed E-state index contributed by atoms with van der Waals surface area (Å²) in [6.07, 6.45) is 4.60. The van der Waals surface area contributed by atoms with Gasteiger partial charge in [0.15, 0.2) is 0 Å². The Morgan fingerprint density at radius 3 is 2.53 bits per heavy atom. The second-order valence-electron chi connectivity index (χ2n) is 5.52. The van der Waals surface area contributed by atoms with Crippen LogP contribution < -0.4 is 5.32 Å². The van der Waals surface area contributed by atoms with Crippen LogP contribution in [-0.2, 0) is 0 Å². The molecule has 0 aliphatic carbocycles. The summed E-state index contributed by atoms with van der Waals surface area (Å²) in [5.41, 5.74) is 0.314. The van der Waals surface area contributed by atoms with Crippen molar-refractivity contribution in [2.24, 2.45) is 11.3 Å². The first-order valence-corrected chi connectivity index (χ1v) is 6.33.